The first-order valence-corrected chi connectivity index (χ1v) is 13.4. The van der Waals surface area contributed by atoms with Crippen molar-refractivity contribution in [2.75, 3.05) is 17.7 Å². The van der Waals surface area contributed by atoms with Gasteiger partial charge < -0.3 is 25.2 Å². The predicted molar refractivity (Wildman–Crippen MR) is 150 cm³/mol. The van der Waals surface area contributed by atoms with E-state index in [1.807, 2.05) is 54.4 Å². The van der Waals surface area contributed by atoms with Crippen molar-refractivity contribution in [2.24, 2.45) is 4.99 Å². The zero-order valence-electron chi connectivity index (χ0n) is 21.7. The van der Waals surface area contributed by atoms with Crippen molar-refractivity contribution in [1.29, 1.82) is 0 Å². The van der Waals surface area contributed by atoms with Gasteiger partial charge in [0.2, 0.25) is 5.96 Å². The number of hydrogen-bond acceptors (Lipinski definition) is 5. The number of aromatic nitrogens is 4. The molecule has 2 aromatic heterocycles. The first-order chi connectivity index (χ1) is 18.7. The highest BCUT2D eigenvalue weighted by atomic mass is 16.3. The van der Waals surface area contributed by atoms with Crippen molar-refractivity contribution in [1.82, 2.24) is 24.2 Å². The molecule has 0 saturated heterocycles. The van der Waals surface area contributed by atoms with Crippen LogP contribution in [-0.2, 0) is 6.54 Å². The molecule has 2 aliphatic rings. The maximum absolute atomic E-state index is 11.5. The quantitative estimate of drug-likeness (QED) is 0.305. The molecule has 196 valence electrons. The average Bonchev–Trinajstić information content (AvgIpc) is 3.50. The summed E-state index contributed by atoms with van der Waals surface area (Å²) in [4.78, 5) is 10.9. The van der Waals surface area contributed by atoms with Gasteiger partial charge in [0.05, 0.1) is 23.0 Å². The third-order valence-corrected chi connectivity index (χ3v) is 7.46. The number of hydrogen-bond donors (Lipinski definition) is 3. The lowest BCUT2D eigenvalue weighted by Crippen LogP contribution is -2.41. The van der Waals surface area contributed by atoms with Gasteiger partial charge in [0.1, 0.15) is 18.5 Å². The Morgan fingerprint density at radius 3 is 2.50 bits per heavy atom. The summed E-state index contributed by atoms with van der Waals surface area (Å²) >= 11 is 0. The maximum Gasteiger partial charge on any atom is 0.200 e. The molecule has 9 nitrogen and oxygen atoms in total. The van der Waals surface area contributed by atoms with Gasteiger partial charge in [0, 0.05) is 25.5 Å². The molecule has 1 unspecified atom stereocenters. The van der Waals surface area contributed by atoms with E-state index in [-0.39, 0.29) is 0 Å². The molecule has 9 heteroatoms. The molecule has 3 heterocycles. The van der Waals surface area contributed by atoms with E-state index in [2.05, 4.69) is 43.6 Å². The number of guanidine groups is 1. The van der Waals surface area contributed by atoms with Crippen LogP contribution in [0.3, 0.4) is 0 Å². The molecule has 2 aromatic carbocycles. The van der Waals surface area contributed by atoms with Crippen molar-refractivity contribution in [3.05, 3.63) is 84.6 Å². The van der Waals surface area contributed by atoms with E-state index >= 15 is 0 Å². The van der Waals surface area contributed by atoms with Crippen LogP contribution in [0.1, 0.15) is 55.9 Å². The van der Waals surface area contributed by atoms with E-state index in [4.69, 9.17) is 4.99 Å². The van der Waals surface area contributed by atoms with E-state index in [0.717, 1.165) is 52.8 Å². The van der Waals surface area contributed by atoms with Crippen LogP contribution in [-0.4, -0.2) is 48.4 Å². The molecular formula is C29H34N8O. The van der Waals surface area contributed by atoms with Crippen molar-refractivity contribution in [3.8, 4) is 5.69 Å². The smallest absolute Gasteiger partial charge is 0.200 e. The second-order valence-corrected chi connectivity index (χ2v) is 10.1. The van der Waals surface area contributed by atoms with E-state index in [0.29, 0.717) is 12.6 Å². The number of aliphatic hydroxyl groups excluding tert-OH is 1. The fraction of sp³-hybridized carbons (Fsp3) is 0.345. The van der Waals surface area contributed by atoms with Gasteiger partial charge in [-0.05, 0) is 42.7 Å². The number of rotatable bonds is 6. The van der Waals surface area contributed by atoms with E-state index in [1.165, 1.54) is 32.0 Å². The second-order valence-electron chi connectivity index (χ2n) is 10.1. The summed E-state index contributed by atoms with van der Waals surface area (Å²) in [7, 11) is 1.91. The molecule has 1 aliphatic carbocycles. The summed E-state index contributed by atoms with van der Waals surface area (Å²) < 4.78 is 3.90. The summed E-state index contributed by atoms with van der Waals surface area (Å²) in [6, 6.07) is 18.6. The Labute approximate surface area is 222 Å². The zero-order chi connectivity index (χ0) is 25.9. The minimum atomic E-state index is -0.821. The predicted octanol–water partition coefficient (Wildman–Crippen LogP) is 5.29. The topological polar surface area (TPSA) is 95.5 Å². The number of nitrogens with one attached hydrogen (secondary N) is 2. The van der Waals surface area contributed by atoms with Crippen LogP contribution >= 0.6 is 0 Å². The Morgan fingerprint density at radius 2 is 1.79 bits per heavy atom. The average molecular weight is 511 g/mol. The van der Waals surface area contributed by atoms with E-state index in [9.17, 15) is 5.11 Å². The van der Waals surface area contributed by atoms with Crippen molar-refractivity contribution < 1.29 is 5.11 Å². The van der Waals surface area contributed by atoms with Gasteiger partial charge in [0.15, 0.2) is 6.23 Å². The summed E-state index contributed by atoms with van der Waals surface area (Å²) in [6.45, 7) is 0.632. The van der Waals surface area contributed by atoms with Gasteiger partial charge in [-0.1, -0.05) is 56.0 Å². The largest absolute Gasteiger partial charge is 0.369 e. The van der Waals surface area contributed by atoms with Gasteiger partial charge in [-0.2, -0.15) is 5.10 Å². The SMILES string of the molecule is CN1C(=NC2CCCCCC2)Nc2cn(Cc3ccc(-n4cncn4)cc3)c(Nc3ccccc3)c2C1O. The molecule has 1 saturated carbocycles. The van der Waals surface area contributed by atoms with E-state index < -0.39 is 6.23 Å². The van der Waals surface area contributed by atoms with Crippen LogP contribution in [0.5, 0.6) is 0 Å². The van der Waals surface area contributed by atoms with Crippen molar-refractivity contribution in [3.63, 3.8) is 0 Å². The molecule has 1 fully saturated rings. The van der Waals surface area contributed by atoms with Crippen LogP contribution in [0.15, 0.2) is 78.4 Å². The molecule has 0 amide bonds. The Kier molecular flexibility index (Phi) is 6.83. The van der Waals surface area contributed by atoms with Crippen molar-refractivity contribution in [2.45, 2.75) is 57.3 Å². The van der Waals surface area contributed by atoms with E-state index in [1.54, 1.807) is 11.0 Å². The molecule has 6 rings (SSSR count). The summed E-state index contributed by atoms with van der Waals surface area (Å²) in [5, 5.41) is 22.8. The van der Waals surface area contributed by atoms with Gasteiger partial charge in [-0.25, -0.2) is 14.7 Å². The number of fused-ring (bicyclic) bond motifs is 1. The Hall–Kier alpha value is -4.11. The van der Waals surface area contributed by atoms with Crippen LogP contribution in [0.25, 0.3) is 5.69 Å². The number of aliphatic hydroxyl groups is 1. The molecule has 0 radical (unpaired) electrons. The maximum atomic E-state index is 11.5. The molecule has 38 heavy (non-hydrogen) atoms. The highest BCUT2D eigenvalue weighted by Crippen LogP contribution is 2.40. The fourth-order valence-electron chi connectivity index (χ4n) is 5.35. The highest BCUT2D eigenvalue weighted by molar-refractivity contribution is 5.98. The first kappa shape index (κ1) is 24.2. The molecule has 0 spiro atoms. The molecule has 1 aliphatic heterocycles. The Morgan fingerprint density at radius 1 is 1.03 bits per heavy atom. The lowest BCUT2D eigenvalue weighted by molar-refractivity contribution is 0.0673. The lowest BCUT2D eigenvalue weighted by atomic mass is 10.1. The second kappa shape index (κ2) is 10.7. The van der Waals surface area contributed by atoms with Crippen LogP contribution in [0.4, 0.5) is 17.2 Å². The molecule has 4 aromatic rings. The number of anilines is 3. The summed E-state index contributed by atoms with van der Waals surface area (Å²) in [6.07, 6.45) is 11.7. The first-order valence-electron chi connectivity index (χ1n) is 13.4. The van der Waals surface area contributed by atoms with Gasteiger partial charge in [-0.3, -0.25) is 0 Å². The van der Waals surface area contributed by atoms with Crippen LogP contribution in [0.2, 0.25) is 0 Å². The van der Waals surface area contributed by atoms with Gasteiger partial charge in [0.25, 0.3) is 0 Å². The normalized spacial score (nSPS) is 19.2. The fourth-order valence-corrected chi connectivity index (χ4v) is 5.35. The molecule has 3 N–H and O–H groups in total. The monoisotopic (exact) mass is 510 g/mol. The summed E-state index contributed by atoms with van der Waals surface area (Å²) in [5.41, 5.74) is 4.74. The number of para-hydroxylation sites is 1. The number of nitrogens with zero attached hydrogens (tertiary/aromatic N) is 6. The van der Waals surface area contributed by atoms with Gasteiger partial charge in [-0.15, -0.1) is 0 Å². The van der Waals surface area contributed by atoms with Crippen molar-refractivity contribution >= 4 is 23.2 Å². The summed E-state index contributed by atoms with van der Waals surface area (Å²) in [5.74, 6) is 1.59. The number of benzene rings is 2. The minimum absolute atomic E-state index is 0.295. The highest BCUT2D eigenvalue weighted by Gasteiger charge is 2.33. The third-order valence-electron chi connectivity index (χ3n) is 7.46. The molecule has 1 atom stereocenters. The number of aliphatic imine (C=N–C) groups is 1. The Bertz CT molecular complexity index is 1370. The molecular weight excluding hydrogens is 476 g/mol. The van der Waals surface area contributed by atoms with Crippen LogP contribution < -0.4 is 10.6 Å². The molecule has 0 bridgehead atoms. The Balaban J connectivity index is 1.33. The zero-order valence-corrected chi connectivity index (χ0v) is 21.7. The lowest BCUT2D eigenvalue weighted by Gasteiger charge is -2.34. The van der Waals surface area contributed by atoms with Gasteiger partial charge >= 0.3 is 0 Å². The van der Waals surface area contributed by atoms with Crippen LogP contribution in [0, 0.1) is 0 Å². The third kappa shape index (κ3) is 5.02. The standard InChI is InChI=1S/C29H34N8O/c1-35-28(38)26-25(34-29(35)33-23-11-5-2-3-6-12-23)18-36(27(26)32-22-9-7-4-8-10-22)17-21-13-15-24(16-14-21)37-20-30-19-31-37/h4,7-10,13-16,18-20,23,28,32,38H,2-3,5-6,11-12,17H2,1H3,(H,33,34). The minimum Gasteiger partial charge on any atom is -0.369 e.